The summed E-state index contributed by atoms with van der Waals surface area (Å²) in [5.74, 6) is 1.11. The van der Waals surface area contributed by atoms with Crippen LogP contribution in [0.1, 0.15) is 44.9 Å². The van der Waals surface area contributed by atoms with Gasteiger partial charge in [-0.25, -0.2) is 0 Å². The Morgan fingerprint density at radius 1 is 1.00 bits per heavy atom. The molecule has 134 valence electrons. The SMILES string of the molecule is NC(=NCCC1CCN(CC(F)(F)F)CC1)N1CCCCCC1. The van der Waals surface area contributed by atoms with Crippen molar-refractivity contribution in [3.05, 3.63) is 0 Å². The second kappa shape index (κ2) is 8.76. The lowest BCUT2D eigenvalue weighted by atomic mass is 9.93. The molecule has 0 aromatic carbocycles. The quantitative estimate of drug-likeness (QED) is 0.635. The van der Waals surface area contributed by atoms with Crippen LogP contribution in [0, 0.1) is 5.92 Å². The van der Waals surface area contributed by atoms with E-state index in [0.717, 1.165) is 32.4 Å². The van der Waals surface area contributed by atoms with Crippen molar-refractivity contribution in [3.63, 3.8) is 0 Å². The van der Waals surface area contributed by atoms with Crippen molar-refractivity contribution in [2.75, 3.05) is 39.3 Å². The van der Waals surface area contributed by atoms with Crippen LogP contribution in [-0.4, -0.2) is 61.2 Å². The Kier molecular flexibility index (Phi) is 6.99. The molecule has 23 heavy (non-hydrogen) atoms. The summed E-state index contributed by atoms with van der Waals surface area (Å²) < 4.78 is 37.1. The molecule has 0 atom stereocenters. The van der Waals surface area contributed by atoms with Crippen molar-refractivity contribution < 1.29 is 13.2 Å². The zero-order valence-electron chi connectivity index (χ0n) is 13.8. The average molecular weight is 334 g/mol. The van der Waals surface area contributed by atoms with Gasteiger partial charge >= 0.3 is 6.18 Å². The molecule has 0 unspecified atom stereocenters. The van der Waals surface area contributed by atoms with Crippen LogP contribution in [0.25, 0.3) is 0 Å². The van der Waals surface area contributed by atoms with Gasteiger partial charge in [-0.15, -0.1) is 0 Å². The van der Waals surface area contributed by atoms with Gasteiger partial charge in [0.1, 0.15) is 0 Å². The van der Waals surface area contributed by atoms with Gasteiger partial charge in [-0.2, -0.15) is 13.2 Å². The summed E-state index contributed by atoms with van der Waals surface area (Å²) >= 11 is 0. The van der Waals surface area contributed by atoms with E-state index in [4.69, 9.17) is 5.73 Å². The van der Waals surface area contributed by atoms with E-state index >= 15 is 0 Å². The second-order valence-corrected chi connectivity index (χ2v) is 6.76. The third-order valence-corrected chi connectivity index (χ3v) is 4.85. The van der Waals surface area contributed by atoms with E-state index in [1.807, 2.05) is 0 Å². The molecular weight excluding hydrogens is 305 g/mol. The van der Waals surface area contributed by atoms with Crippen molar-refractivity contribution >= 4 is 5.96 Å². The van der Waals surface area contributed by atoms with E-state index in [0.29, 0.717) is 31.5 Å². The third-order valence-electron chi connectivity index (χ3n) is 4.85. The van der Waals surface area contributed by atoms with Crippen LogP contribution < -0.4 is 5.73 Å². The summed E-state index contributed by atoms with van der Waals surface area (Å²) in [5, 5.41) is 0. The second-order valence-electron chi connectivity index (χ2n) is 6.76. The maximum Gasteiger partial charge on any atom is 0.401 e. The van der Waals surface area contributed by atoms with Crippen LogP contribution in [0.3, 0.4) is 0 Å². The van der Waals surface area contributed by atoms with E-state index in [2.05, 4.69) is 9.89 Å². The average Bonchev–Trinajstić information content (AvgIpc) is 2.76. The van der Waals surface area contributed by atoms with Crippen molar-refractivity contribution in [1.82, 2.24) is 9.80 Å². The third kappa shape index (κ3) is 6.97. The molecule has 0 aromatic heterocycles. The lowest BCUT2D eigenvalue weighted by Gasteiger charge is -2.32. The zero-order valence-corrected chi connectivity index (χ0v) is 13.8. The molecule has 2 N–H and O–H groups in total. The maximum atomic E-state index is 12.4. The molecule has 2 aliphatic rings. The first kappa shape index (κ1) is 18.4. The molecule has 2 aliphatic heterocycles. The summed E-state index contributed by atoms with van der Waals surface area (Å²) in [6.07, 6.45) is 3.37. The van der Waals surface area contributed by atoms with E-state index in [-0.39, 0.29) is 0 Å². The zero-order chi connectivity index (χ0) is 16.7. The highest BCUT2D eigenvalue weighted by Gasteiger charge is 2.32. The number of piperidine rings is 1. The first-order valence-electron chi connectivity index (χ1n) is 8.78. The molecule has 2 saturated heterocycles. The molecule has 2 heterocycles. The minimum absolute atomic E-state index is 0.472. The summed E-state index contributed by atoms with van der Waals surface area (Å²) in [7, 11) is 0. The van der Waals surface area contributed by atoms with Crippen LogP contribution in [0.15, 0.2) is 4.99 Å². The number of aliphatic imine (C=N–C) groups is 1. The lowest BCUT2D eigenvalue weighted by molar-refractivity contribution is -0.148. The number of hydrogen-bond acceptors (Lipinski definition) is 2. The molecule has 0 bridgehead atoms. The van der Waals surface area contributed by atoms with Crippen LogP contribution in [0.4, 0.5) is 13.2 Å². The van der Waals surface area contributed by atoms with Gasteiger partial charge in [-0.05, 0) is 51.1 Å². The summed E-state index contributed by atoms with van der Waals surface area (Å²) in [6.45, 7) is 2.97. The van der Waals surface area contributed by atoms with E-state index in [1.54, 1.807) is 0 Å². The summed E-state index contributed by atoms with van der Waals surface area (Å²) in [5.41, 5.74) is 6.07. The Hall–Kier alpha value is -0.980. The van der Waals surface area contributed by atoms with Gasteiger partial charge in [-0.3, -0.25) is 9.89 Å². The molecule has 0 radical (unpaired) electrons. The van der Waals surface area contributed by atoms with Crippen molar-refractivity contribution in [1.29, 1.82) is 0 Å². The molecule has 2 fully saturated rings. The number of hydrogen-bond donors (Lipinski definition) is 1. The first-order chi connectivity index (χ1) is 10.9. The minimum atomic E-state index is -4.08. The van der Waals surface area contributed by atoms with Crippen LogP contribution >= 0.6 is 0 Å². The molecule has 0 spiro atoms. The fourth-order valence-electron chi connectivity index (χ4n) is 3.45. The monoisotopic (exact) mass is 334 g/mol. The molecule has 4 nitrogen and oxygen atoms in total. The minimum Gasteiger partial charge on any atom is -0.370 e. The molecule has 2 rings (SSSR count). The Labute approximate surface area is 136 Å². The molecule has 0 aromatic rings. The highest BCUT2D eigenvalue weighted by Crippen LogP contribution is 2.24. The molecule has 0 saturated carbocycles. The van der Waals surface area contributed by atoms with Gasteiger partial charge in [0, 0.05) is 19.6 Å². The molecule has 7 heteroatoms. The highest BCUT2D eigenvalue weighted by atomic mass is 19.4. The van der Waals surface area contributed by atoms with Crippen molar-refractivity contribution in [2.45, 2.75) is 51.1 Å². The van der Waals surface area contributed by atoms with Crippen molar-refractivity contribution in [2.24, 2.45) is 16.6 Å². The van der Waals surface area contributed by atoms with Gasteiger partial charge in [-0.1, -0.05) is 12.8 Å². The predicted octanol–water partition coefficient (Wildman–Crippen LogP) is 2.84. The van der Waals surface area contributed by atoms with Gasteiger partial charge in [0.2, 0.25) is 0 Å². The van der Waals surface area contributed by atoms with E-state index in [1.165, 1.54) is 30.6 Å². The van der Waals surface area contributed by atoms with Gasteiger partial charge < -0.3 is 10.6 Å². The first-order valence-corrected chi connectivity index (χ1v) is 8.78. The number of nitrogens with zero attached hydrogens (tertiary/aromatic N) is 3. The fraction of sp³-hybridized carbons (Fsp3) is 0.938. The topological polar surface area (TPSA) is 44.9 Å². The number of nitrogens with two attached hydrogens (primary N) is 1. The summed E-state index contributed by atoms with van der Waals surface area (Å²) in [6, 6.07) is 0. The Bertz CT molecular complexity index is 368. The predicted molar refractivity (Wildman–Crippen MR) is 86.4 cm³/mol. The van der Waals surface area contributed by atoms with E-state index in [9.17, 15) is 13.2 Å². The van der Waals surface area contributed by atoms with Crippen LogP contribution in [0.5, 0.6) is 0 Å². The number of halogens is 3. The van der Waals surface area contributed by atoms with E-state index < -0.39 is 12.7 Å². The van der Waals surface area contributed by atoms with Gasteiger partial charge in [0.25, 0.3) is 0 Å². The molecule has 0 aliphatic carbocycles. The number of likely N-dealkylation sites (tertiary alicyclic amines) is 2. The fourth-order valence-corrected chi connectivity index (χ4v) is 3.45. The molecular formula is C16H29F3N4. The standard InChI is InChI=1S/C16H29F3N4/c17-16(18,19)13-22-11-6-14(7-12-22)5-8-21-15(20)23-9-3-1-2-4-10-23/h14H,1-13H2,(H2,20,21). The van der Waals surface area contributed by atoms with Crippen LogP contribution in [0.2, 0.25) is 0 Å². The summed E-state index contributed by atoms with van der Waals surface area (Å²) in [4.78, 5) is 8.16. The smallest absolute Gasteiger partial charge is 0.370 e. The normalized spacial score (nSPS) is 23.1. The van der Waals surface area contributed by atoms with Gasteiger partial charge in [0.15, 0.2) is 5.96 Å². The highest BCUT2D eigenvalue weighted by molar-refractivity contribution is 5.78. The Balaban J connectivity index is 1.65. The Morgan fingerprint density at radius 3 is 2.17 bits per heavy atom. The van der Waals surface area contributed by atoms with Gasteiger partial charge in [0.05, 0.1) is 6.54 Å². The number of guanidine groups is 1. The number of rotatable bonds is 4. The Morgan fingerprint density at radius 2 is 1.61 bits per heavy atom. The largest absolute Gasteiger partial charge is 0.401 e. The van der Waals surface area contributed by atoms with Crippen molar-refractivity contribution in [3.8, 4) is 0 Å². The molecule has 0 amide bonds. The lowest BCUT2D eigenvalue weighted by Crippen LogP contribution is -2.40. The maximum absolute atomic E-state index is 12.4. The van der Waals surface area contributed by atoms with Crippen LogP contribution in [-0.2, 0) is 0 Å². The number of alkyl halides is 3.